The Bertz CT molecular complexity index is 734. The Morgan fingerprint density at radius 2 is 2.04 bits per heavy atom. The Kier molecular flexibility index (Phi) is 6.27. The van der Waals surface area contributed by atoms with Gasteiger partial charge in [-0.05, 0) is 37.8 Å². The van der Waals surface area contributed by atoms with Gasteiger partial charge in [0.25, 0.3) is 0 Å². The van der Waals surface area contributed by atoms with E-state index in [1.54, 1.807) is 13.4 Å². The molecule has 0 spiro atoms. The zero-order valence-electron chi connectivity index (χ0n) is 15.6. The van der Waals surface area contributed by atoms with Crippen molar-refractivity contribution in [2.24, 2.45) is 0 Å². The van der Waals surface area contributed by atoms with Gasteiger partial charge < -0.3 is 15.0 Å². The number of aromatic nitrogens is 3. The lowest BCUT2D eigenvalue weighted by atomic mass is 10.0. The van der Waals surface area contributed by atoms with Crippen LogP contribution in [0.3, 0.4) is 0 Å². The minimum Gasteiger partial charge on any atom is -0.480 e. The van der Waals surface area contributed by atoms with E-state index in [0.717, 1.165) is 49.4 Å². The molecule has 1 aliphatic heterocycles. The molecule has 26 heavy (non-hydrogen) atoms. The van der Waals surface area contributed by atoms with Crippen molar-refractivity contribution < 1.29 is 4.74 Å². The van der Waals surface area contributed by atoms with Crippen molar-refractivity contribution in [3.05, 3.63) is 40.9 Å². The molecule has 0 bridgehead atoms. The van der Waals surface area contributed by atoms with E-state index in [-0.39, 0.29) is 6.04 Å². The molecule has 6 nitrogen and oxygen atoms in total. The predicted octanol–water partition coefficient (Wildman–Crippen LogP) is 3.42. The fourth-order valence-electron chi connectivity index (χ4n) is 3.30. The number of methoxy groups -OCH3 is 1. The molecule has 3 rings (SSSR count). The van der Waals surface area contributed by atoms with E-state index < -0.39 is 0 Å². The third-order valence-electron chi connectivity index (χ3n) is 4.90. The molecule has 0 amide bonds. The summed E-state index contributed by atoms with van der Waals surface area (Å²) < 4.78 is 5.12. The molecule has 0 radical (unpaired) electrons. The van der Waals surface area contributed by atoms with Gasteiger partial charge in [0.05, 0.1) is 7.11 Å². The van der Waals surface area contributed by atoms with Crippen LogP contribution in [0.25, 0.3) is 0 Å². The van der Waals surface area contributed by atoms with Crippen LogP contribution in [0.1, 0.15) is 44.0 Å². The number of aryl methyl sites for hydroxylation is 1. The van der Waals surface area contributed by atoms with Gasteiger partial charge in [-0.1, -0.05) is 18.5 Å². The summed E-state index contributed by atoms with van der Waals surface area (Å²) in [5.74, 6) is 1.50. The maximum absolute atomic E-state index is 6.19. The van der Waals surface area contributed by atoms with Gasteiger partial charge in [-0.3, -0.25) is 0 Å². The first-order valence-corrected chi connectivity index (χ1v) is 9.49. The molecule has 1 N–H and O–H groups in total. The fourth-order valence-corrected chi connectivity index (χ4v) is 3.56. The summed E-state index contributed by atoms with van der Waals surface area (Å²) in [6.45, 7) is 6.24. The van der Waals surface area contributed by atoms with Crippen LogP contribution >= 0.6 is 11.6 Å². The standard InChI is InChI=1S/C19H26ClN5O/c1-4-15-10-18(23-12-22-15)25-7-5-16(6-8-25)24-13(2)14-9-17(20)19(26-3)21-11-14/h9-13,16,24H,4-8H2,1-3H3. The second kappa shape index (κ2) is 8.64. The molecule has 1 saturated heterocycles. The van der Waals surface area contributed by atoms with Crippen LogP contribution in [0.4, 0.5) is 5.82 Å². The molecule has 2 aromatic heterocycles. The summed E-state index contributed by atoms with van der Waals surface area (Å²) in [6, 6.07) is 4.68. The normalized spacial score (nSPS) is 16.5. The number of hydrogen-bond donors (Lipinski definition) is 1. The highest BCUT2D eigenvalue weighted by Crippen LogP contribution is 2.26. The van der Waals surface area contributed by atoms with Crippen LogP contribution < -0.4 is 15.0 Å². The van der Waals surface area contributed by atoms with Crippen molar-refractivity contribution in [1.29, 1.82) is 0 Å². The molecule has 0 saturated carbocycles. The average molecular weight is 376 g/mol. The van der Waals surface area contributed by atoms with Crippen molar-refractivity contribution in [2.45, 2.75) is 45.2 Å². The molecule has 1 fully saturated rings. The number of rotatable bonds is 6. The molecular weight excluding hydrogens is 350 g/mol. The zero-order valence-corrected chi connectivity index (χ0v) is 16.3. The summed E-state index contributed by atoms with van der Waals surface area (Å²) in [4.78, 5) is 15.3. The van der Waals surface area contributed by atoms with Crippen LogP contribution in [-0.2, 0) is 6.42 Å². The average Bonchev–Trinajstić information content (AvgIpc) is 2.68. The van der Waals surface area contributed by atoms with E-state index in [0.29, 0.717) is 16.9 Å². The van der Waals surface area contributed by atoms with E-state index in [9.17, 15) is 0 Å². The molecule has 2 aromatic rings. The van der Waals surface area contributed by atoms with Crippen molar-refractivity contribution in [3.63, 3.8) is 0 Å². The SMILES string of the molecule is CCc1cc(N2CCC(NC(C)c3cnc(OC)c(Cl)c3)CC2)ncn1. The van der Waals surface area contributed by atoms with E-state index >= 15 is 0 Å². The second-order valence-electron chi connectivity index (χ2n) is 6.63. The number of halogens is 1. The number of hydrogen-bond acceptors (Lipinski definition) is 6. The van der Waals surface area contributed by atoms with Gasteiger partial charge in [-0.15, -0.1) is 0 Å². The Morgan fingerprint density at radius 1 is 1.27 bits per heavy atom. The van der Waals surface area contributed by atoms with E-state index in [4.69, 9.17) is 16.3 Å². The molecule has 7 heteroatoms. The Labute approximate surface area is 160 Å². The molecule has 1 aliphatic rings. The van der Waals surface area contributed by atoms with E-state index in [2.05, 4.69) is 45.1 Å². The fraction of sp³-hybridized carbons (Fsp3) is 0.526. The van der Waals surface area contributed by atoms with Crippen molar-refractivity contribution in [3.8, 4) is 5.88 Å². The molecule has 1 atom stereocenters. The molecule has 0 aliphatic carbocycles. The summed E-state index contributed by atoms with van der Waals surface area (Å²) in [7, 11) is 1.57. The molecule has 1 unspecified atom stereocenters. The highest BCUT2D eigenvalue weighted by atomic mass is 35.5. The first-order chi connectivity index (χ1) is 12.6. The van der Waals surface area contributed by atoms with Crippen LogP contribution in [0.5, 0.6) is 5.88 Å². The number of ether oxygens (including phenoxy) is 1. The van der Waals surface area contributed by atoms with Gasteiger partial charge in [-0.25, -0.2) is 15.0 Å². The van der Waals surface area contributed by atoms with Crippen molar-refractivity contribution in [2.75, 3.05) is 25.1 Å². The Hall–Kier alpha value is -1.92. The van der Waals surface area contributed by atoms with E-state index in [1.807, 2.05) is 12.3 Å². The first kappa shape index (κ1) is 18.9. The Balaban J connectivity index is 1.55. The summed E-state index contributed by atoms with van der Waals surface area (Å²) in [6.07, 6.45) is 6.58. The lowest BCUT2D eigenvalue weighted by molar-refractivity contribution is 0.377. The number of pyridine rings is 1. The lowest BCUT2D eigenvalue weighted by Crippen LogP contribution is -2.43. The summed E-state index contributed by atoms with van der Waals surface area (Å²) >= 11 is 6.19. The van der Waals surface area contributed by atoms with Crippen LogP contribution in [0.2, 0.25) is 5.02 Å². The highest BCUT2D eigenvalue weighted by Gasteiger charge is 2.22. The minimum atomic E-state index is 0.188. The topological polar surface area (TPSA) is 63.2 Å². The number of nitrogens with one attached hydrogen (secondary N) is 1. The van der Waals surface area contributed by atoms with Crippen molar-refractivity contribution in [1.82, 2.24) is 20.3 Å². The zero-order chi connectivity index (χ0) is 18.5. The maximum atomic E-state index is 6.19. The van der Waals surface area contributed by atoms with Gasteiger partial charge in [0.15, 0.2) is 0 Å². The van der Waals surface area contributed by atoms with Crippen LogP contribution in [0, 0.1) is 0 Å². The first-order valence-electron chi connectivity index (χ1n) is 9.12. The minimum absolute atomic E-state index is 0.188. The second-order valence-corrected chi connectivity index (χ2v) is 7.04. The predicted molar refractivity (Wildman–Crippen MR) is 104 cm³/mol. The third kappa shape index (κ3) is 4.43. The van der Waals surface area contributed by atoms with Crippen molar-refractivity contribution >= 4 is 17.4 Å². The van der Waals surface area contributed by atoms with Gasteiger partial charge in [0, 0.05) is 43.1 Å². The smallest absolute Gasteiger partial charge is 0.232 e. The van der Waals surface area contributed by atoms with Gasteiger partial charge >= 0.3 is 0 Å². The number of piperidine rings is 1. The maximum Gasteiger partial charge on any atom is 0.232 e. The van der Waals surface area contributed by atoms with E-state index in [1.165, 1.54) is 0 Å². The summed E-state index contributed by atoms with van der Waals surface area (Å²) in [5.41, 5.74) is 2.16. The Morgan fingerprint density at radius 3 is 2.69 bits per heavy atom. The van der Waals surface area contributed by atoms with Gasteiger partial charge in [0.1, 0.15) is 17.2 Å². The quantitative estimate of drug-likeness (QED) is 0.834. The largest absolute Gasteiger partial charge is 0.480 e. The molecule has 3 heterocycles. The highest BCUT2D eigenvalue weighted by molar-refractivity contribution is 6.31. The van der Waals surface area contributed by atoms with Gasteiger partial charge in [-0.2, -0.15) is 0 Å². The summed E-state index contributed by atoms with van der Waals surface area (Å²) in [5, 5.41) is 4.24. The monoisotopic (exact) mass is 375 g/mol. The van der Waals surface area contributed by atoms with Gasteiger partial charge in [0.2, 0.25) is 5.88 Å². The van der Waals surface area contributed by atoms with Crippen LogP contribution in [0.15, 0.2) is 24.7 Å². The number of nitrogens with zero attached hydrogens (tertiary/aromatic N) is 4. The van der Waals surface area contributed by atoms with Crippen LogP contribution in [-0.4, -0.2) is 41.2 Å². The lowest BCUT2D eigenvalue weighted by Gasteiger charge is -2.34. The molecule has 140 valence electrons. The third-order valence-corrected chi connectivity index (χ3v) is 5.17. The molecular formula is C19H26ClN5O. The number of anilines is 1. The molecule has 0 aromatic carbocycles.